The van der Waals surface area contributed by atoms with Crippen LogP contribution in [0.5, 0.6) is 0 Å². The molecule has 4 rings (SSSR count). The molecule has 0 saturated carbocycles. The summed E-state index contributed by atoms with van der Waals surface area (Å²) in [6, 6.07) is 7.74. The molecule has 0 spiro atoms. The molecule has 6 heteroatoms. The first kappa shape index (κ1) is 17.5. The number of halogens is 2. The second-order valence-electron chi connectivity index (χ2n) is 6.57. The molecule has 3 heterocycles. The van der Waals surface area contributed by atoms with Gasteiger partial charge >= 0.3 is 0 Å². The Hall–Kier alpha value is -1.27. The standard InChI is InChI=1S/C18H23FN4.ClH/c19-17-4-3-14(18-16(17)2-1-6-21-18)12-22-9-5-15(13-22)23-10-7-20-8-11-23;/h1-4,6,15,20H,5,7-13H2;1H. The number of fused-ring (bicyclic) bond motifs is 1. The summed E-state index contributed by atoms with van der Waals surface area (Å²) < 4.78 is 13.9. The fraction of sp³-hybridized carbons (Fsp3) is 0.500. The molecule has 2 aliphatic heterocycles. The Morgan fingerprint density at radius 1 is 1.17 bits per heavy atom. The van der Waals surface area contributed by atoms with E-state index in [0.29, 0.717) is 11.4 Å². The molecule has 0 amide bonds. The van der Waals surface area contributed by atoms with Gasteiger partial charge in [0.2, 0.25) is 0 Å². The number of hydrogen-bond donors (Lipinski definition) is 1. The molecule has 2 aliphatic rings. The number of nitrogens with one attached hydrogen (secondary N) is 1. The van der Waals surface area contributed by atoms with Gasteiger partial charge in [0.05, 0.1) is 5.52 Å². The normalized spacial score (nSPS) is 22.6. The fourth-order valence-electron chi connectivity index (χ4n) is 3.87. The Balaban J connectivity index is 0.00000169. The number of likely N-dealkylation sites (tertiary alicyclic amines) is 1. The molecule has 1 unspecified atom stereocenters. The molecule has 0 bridgehead atoms. The summed E-state index contributed by atoms with van der Waals surface area (Å²) in [5.41, 5.74) is 1.93. The molecule has 4 nitrogen and oxygen atoms in total. The van der Waals surface area contributed by atoms with Gasteiger partial charge in [0.25, 0.3) is 0 Å². The van der Waals surface area contributed by atoms with Crippen molar-refractivity contribution in [1.29, 1.82) is 0 Å². The highest BCUT2D eigenvalue weighted by Gasteiger charge is 2.28. The summed E-state index contributed by atoms with van der Waals surface area (Å²) in [6.45, 7) is 7.58. The van der Waals surface area contributed by atoms with Crippen LogP contribution in [-0.4, -0.2) is 60.1 Å². The molecule has 0 aliphatic carbocycles. The van der Waals surface area contributed by atoms with E-state index >= 15 is 0 Å². The van der Waals surface area contributed by atoms with Crippen LogP contribution in [0.2, 0.25) is 0 Å². The van der Waals surface area contributed by atoms with Crippen molar-refractivity contribution < 1.29 is 4.39 Å². The van der Waals surface area contributed by atoms with Gasteiger partial charge < -0.3 is 5.32 Å². The van der Waals surface area contributed by atoms with Crippen molar-refractivity contribution in [1.82, 2.24) is 20.1 Å². The van der Waals surface area contributed by atoms with Gasteiger partial charge in [-0.25, -0.2) is 4.39 Å². The lowest BCUT2D eigenvalue weighted by Gasteiger charge is -2.32. The molecular weight excluding hydrogens is 327 g/mol. The molecule has 1 aromatic carbocycles. The minimum Gasteiger partial charge on any atom is -0.314 e. The minimum atomic E-state index is -0.183. The molecule has 0 radical (unpaired) electrons. The molecule has 2 aromatic rings. The molecule has 2 saturated heterocycles. The first-order chi connectivity index (χ1) is 11.3. The minimum absolute atomic E-state index is 0. The van der Waals surface area contributed by atoms with Crippen molar-refractivity contribution in [2.45, 2.75) is 19.0 Å². The van der Waals surface area contributed by atoms with Crippen LogP contribution in [0, 0.1) is 5.82 Å². The van der Waals surface area contributed by atoms with E-state index in [1.165, 1.54) is 6.42 Å². The number of hydrogen-bond acceptors (Lipinski definition) is 4. The molecule has 1 N–H and O–H groups in total. The van der Waals surface area contributed by atoms with Crippen LogP contribution >= 0.6 is 12.4 Å². The van der Waals surface area contributed by atoms with Crippen molar-refractivity contribution in [3.05, 3.63) is 41.8 Å². The van der Waals surface area contributed by atoms with E-state index in [1.807, 2.05) is 12.1 Å². The van der Waals surface area contributed by atoms with Gasteiger partial charge in [-0.1, -0.05) is 6.07 Å². The van der Waals surface area contributed by atoms with E-state index in [1.54, 1.807) is 18.3 Å². The Kier molecular flexibility index (Phi) is 5.66. The van der Waals surface area contributed by atoms with Crippen molar-refractivity contribution >= 4 is 23.3 Å². The maximum Gasteiger partial charge on any atom is 0.132 e. The van der Waals surface area contributed by atoms with E-state index in [0.717, 1.165) is 56.9 Å². The summed E-state index contributed by atoms with van der Waals surface area (Å²) >= 11 is 0. The zero-order chi connectivity index (χ0) is 15.6. The third-order valence-electron chi connectivity index (χ3n) is 5.11. The highest BCUT2D eigenvalue weighted by Crippen LogP contribution is 2.24. The lowest BCUT2D eigenvalue weighted by atomic mass is 10.1. The average Bonchev–Trinajstić information content (AvgIpc) is 3.07. The summed E-state index contributed by atoms with van der Waals surface area (Å²) in [4.78, 5) is 9.50. The Bertz CT molecular complexity index is 690. The smallest absolute Gasteiger partial charge is 0.132 e. The van der Waals surface area contributed by atoms with Crippen LogP contribution in [0.15, 0.2) is 30.5 Å². The average molecular weight is 351 g/mol. The topological polar surface area (TPSA) is 31.4 Å². The number of rotatable bonds is 3. The number of benzene rings is 1. The van der Waals surface area contributed by atoms with Crippen molar-refractivity contribution in [3.63, 3.8) is 0 Å². The van der Waals surface area contributed by atoms with E-state index < -0.39 is 0 Å². The summed E-state index contributed by atoms with van der Waals surface area (Å²) in [5, 5.41) is 4.04. The largest absolute Gasteiger partial charge is 0.314 e. The lowest BCUT2D eigenvalue weighted by Crippen LogP contribution is -2.49. The van der Waals surface area contributed by atoms with Gasteiger partial charge in [-0.3, -0.25) is 14.8 Å². The van der Waals surface area contributed by atoms with E-state index in [-0.39, 0.29) is 18.2 Å². The molecule has 2 fully saturated rings. The first-order valence-electron chi connectivity index (χ1n) is 8.50. The maximum absolute atomic E-state index is 13.9. The molecule has 1 atom stereocenters. The Labute approximate surface area is 148 Å². The lowest BCUT2D eigenvalue weighted by molar-refractivity contribution is 0.170. The third kappa shape index (κ3) is 3.54. The first-order valence-corrected chi connectivity index (χ1v) is 8.50. The van der Waals surface area contributed by atoms with E-state index in [9.17, 15) is 4.39 Å². The van der Waals surface area contributed by atoms with E-state index in [4.69, 9.17) is 0 Å². The van der Waals surface area contributed by atoms with Gasteiger partial charge in [-0.2, -0.15) is 0 Å². The monoisotopic (exact) mass is 350 g/mol. The second kappa shape index (κ2) is 7.74. The number of nitrogens with zero attached hydrogens (tertiary/aromatic N) is 3. The zero-order valence-corrected chi connectivity index (χ0v) is 14.6. The van der Waals surface area contributed by atoms with Gasteiger partial charge in [-0.15, -0.1) is 12.4 Å². The molecule has 24 heavy (non-hydrogen) atoms. The number of aromatic nitrogens is 1. The van der Waals surface area contributed by atoms with Crippen molar-refractivity contribution in [2.75, 3.05) is 39.3 Å². The zero-order valence-electron chi connectivity index (χ0n) is 13.7. The fourth-order valence-corrected chi connectivity index (χ4v) is 3.87. The van der Waals surface area contributed by atoms with Crippen LogP contribution in [0.25, 0.3) is 10.9 Å². The number of piperazine rings is 1. The Morgan fingerprint density at radius 2 is 2.00 bits per heavy atom. The molecular formula is C18H24ClFN4. The van der Waals surface area contributed by atoms with Gasteiger partial charge in [0, 0.05) is 63.4 Å². The SMILES string of the molecule is Cl.Fc1ccc(CN2CCC(N3CCNCC3)C2)c2ncccc12. The van der Waals surface area contributed by atoms with Crippen molar-refractivity contribution in [3.8, 4) is 0 Å². The summed E-state index contributed by atoms with van der Waals surface area (Å²) in [5.74, 6) is -0.183. The predicted octanol–water partition coefficient (Wildman–Crippen LogP) is 2.28. The van der Waals surface area contributed by atoms with Crippen molar-refractivity contribution in [2.24, 2.45) is 0 Å². The predicted molar refractivity (Wildman–Crippen MR) is 97.1 cm³/mol. The highest BCUT2D eigenvalue weighted by atomic mass is 35.5. The maximum atomic E-state index is 13.9. The molecule has 130 valence electrons. The van der Waals surface area contributed by atoms with Crippen LogP contribution in [0.3, 0.4) is 0 Å². The summed E-state index contributed by atoms with van der Waals surface area (Å²) in [7, 11) is 0. The van der Waals surface area contributed by atoms with Gasteiger partial charge in [-0.05, 0) is 30.2 Å². The van der Waals surface area contributed by atoms with Gasteiger partial charge in [0.1, 0.15) is 5.82 Å². The molecule has 1 aromatic heterocycles. The van der Waals surface area contributed by atoms with Gasteiger partial charge in [0.15, 0.2) is 0 Å². The van der Waals surface area contributed by atoms with Crippen LogP contribution in [-0.2, 0) is 6.54 Å². The quantitative estimate of drug-likeness (QED) is 0.920. The van der Waals surface area contributed by atoms with Crippen LogP contribution in [0.4, 0.5) is 4.39 Å². The van der Waals surface area contributed by atoms with E-state index in [2.05, 4.69) is 20.1 Å². The van der Waals surface area contributed by atoms with Crippen LogP contribution in [0.1, 0.15) is 12.0 Å². The third-order valence-corrected chi connectivity index (χ3v) is 5.11. The highest BCUT2D eigenvalue weighted by molar-refractivity contribution is 5.85. The number of pyridine rings is 1. The Morgan fingerprint density at radius 3 is 2.83 bits per heavy atom. The second-order valence-corrected chi connectivity index (χ2v) is 6.57. The summed E-state index contributed by atoms with van der Waals surface area (Å²) in [6.07, 6.45) is 2.98. The van der Waals surface area contributed by atoms with Crippen LogP contribution < -0.4 is 5.32 Å².